The zero-order valence-electron chi connectivity index (χ0n) is 20.8. The first-order chi connectivity index (χ1) is 17.6. The van der Waals surface area contributed by atoms with E-state index in [1.807, 2.05) is 7.05 Å². The van der Waals surface area contributed by atoms with Crippen LogP contribution in [-0.2, 0) is 22.6 Å². The average Bonchev–Trinajstić information content (AvgIpc) is 3.29. The molecular weight excluding hydrogens is 520 g/mol. The summed E-state index contributed by atoms with van der Waals surface area (Å²) in [6.45, 7) is 2.14. The summed E-state index contributed by atoms with van der Waals surface area (Å²) in [5, 5.41) is 8.80. The smallest absolute Gasteiger partial charge is 0.319 e. The number of anilines is 1. The van der Waals surface area contributed by atoms with Gasteiger partial charge in [0.1, 0.15) is 5.82 Å². The van der Waals surface area contributed by atoms with E-state index in [4.69, 9.17) is 11.6 Å². The summed E-state index contributed by atoms with van der Waals surface area (Å²) in [6, 6.07) is 1.61. The van der Waals surface area contributed by atoms with Gasteiger partial charge in [0, 0.05) is 57.8 Å². The van der Waals surface area contributed by atoms with Crippen molar-refractivity contribution in [2.75, 3.05) is 46.1 Å². The Morgan fingerprint density at radius 1 is 1.11 bits per heavy atom. The molecule has 0 aliphatic carbocycles. The lowest BCUT2D eigenvalue weighted by Gasteiger charge is -2.39. The lowest BCUT2D eigenvalue weighted by Crippen LogP contribution is -2.63. The van der Waals surface area contributed by atoms with Gasteiger partial charge in [-0.25, -0.2) is 14.8 Å². The molecule has 5 amide bonds. The number of rotatable bonds is 4. The second-order valence-electron chi connectivity index (χ2n) is 9.26. The highest BCUT2D eigenvalue weighted by Crippen LogP contribution is 2.25. The van der Waals surface area contributed by atoms with Crippen LogP contribution in [-0.4, -0.2) is 101 Å². The van der Waals surface area contributed by atoms with Gasteiger partial charge in [0.15, 0.2) is 5.01 Å². The van der Waals surface area contributed by atoms with Gasteiger partial charge in [-0.05, 0) is 25.6 Å². The van der Waals surface area contributed by atoms with Crippen LogP contribution in [0.25, 0.3) is 0 Å². The minimum Gasteiger partial charge on any atom is -0.343 e. The predicted octanol–water partition coefficient (Wildman–Crippen LogP) is 0.789. The standard InChI is InChI=1S/C23H29ClN8O4S/c1-30(2)23(36)32-9-7-14(26-19(33)20(34)29-18-5-4-13(24)10-25-18)16(11-32)27-21(35)22-28-15-6-8-31(3)12-17(15)37-22/h4-5,10,14,16H,6-9,11-12H2,1-3H3,(H,26,33)(H,27,35)(H,25,29,34)/t14-,16+/m0/s1. The fourth-order valence-corrected chi connectivity index (χ4v) is 5.44. The summed E-state index contributed by atoms with van der Waals surface area (Å²) in [5.41, 5.74) is 0.929. The molecule has 0 aromatic carbocycles. The maximum atomic E-state index is 13.2. The van der Waals surface area contributed by atoms with Crippen molar-refractivity contribution in [3.05, 3.63) is 38.9 Å². The number of nitrogens with one attached hydrogen (secondary N) is 3. The molecule has 12 nitrogen and oxygen atoms in total. The highest BCUT2D eigenvalue weighted by Gasteiger charge is 2.36. The Kier molecular flexibility index (Phi) is 8.25. The van der Waals surface area contributed by atoms with Crippen LogP contribution in [0.4, 0.5) is 10.6 Å². The Labute approximate surface area is 223 Å². The number of hydrogen-bond acceptors (Lipinski definition) is 8. The first-order valence-corrected chi connectivity index (χ1v) is 13.0. The molecule has 198 valence electrons. The zero-order valence-corrected chi connectivity index (χ0v) is 22.4. The number of aromatic nitrogens is 2. The average molecular weight is 549 g/mol. The molecule has 14 heteroatoms. The first-order valence-electron chi connectivity index (χ1n) is 11.8. The van der Waals surface area contributed by atoms with Crippen LogP contribution in [0.1, 0.15) is 26.8 Å². The summed E-state index contributed by atoms with van der Waals surface area (Å²) in [4.78, 5) is 65.6. The molecule has 1 fully saturated rings. The van der Waals surface area contributed by atoms with Crippen molar-refractivity contribution in [2.45, 2.75) is 31.5 Å². The number of fused-ring (bicyclic) bond motifs is 1. The van der Waals surface area contributed by atoms with Gasteiger partial charge in [-0.2, -0.15) is 0 Å². The zero-order chi connectivity index (χ0) is 26.7. The van der Waals surface area contributed by atoms with E-state index >= 15 is 0 Å². The van der Waals surface area contributed by atoms with Crippen molar-refractivity contribution in [2.24, 2.45) is 0 Å². The van der Waals surface area contributed by atoms with Crippen molar-refractivity contribution < 1.29 is 19.2 Å². The molecule has 2 aliphatic rings. The number of piperidine rings is 1. The van der Waals surface area contributed by atoms with Crippen molar-refractivity contribution in [1.29, 1.82) is 0 Å². The topological polar surface area (TPSA) is 140 Å². The van der Waals surface area contributed by atoms with Gasteiger partial charge in [0.05, 0.1) is 22.8 Å². The van der Waals surface area contributed by atoms with Crippen LogP contribution in [0.3, 0.4) is 0 Å². The second-order valence-corrected chi connectivity index (χ2v) is 10.8. The normalized spacial score (nSPS) is 19.5. The number of halogens is 1. The molecule has 0 spiro atoms. The van der Waals surface area contributed by atoms with E-state index in [0.29, 0.717) is 23.0 Å². The quantitative estimate of drug-likeness (QED) is 0.480. The van der Waals surface area contributed by atoms with Crippen LogP contribution in [0.5, 0.6) is 0 Å². The number of urea groups is 1. The summed E-state index contributed by atoms with van der Waals surface area (Å²) in [5.74, 6) is -1.97. The van der Waals surface area contributed by atoms with Crippen molar-refractivity contribution in [3.8, 4) is 0 Å². The Morgan fingerprint density at radius 2 is 1.89 bits per heavy atom. The van der Waals surface area contributed by atoms with Gasteiger partial charge in [-0.1, -0.05) is 11.6 Å². The molecule has 2 atom stereocenters. The van der Waals surface area contributed by atoms with E-state index in [2.05, 4.69) is 30.8 Å². The van der Waals surface area contributed by atoms with Crippen LogP contribution in [0.15, 0.2) is 18.3 Å². The highest BCUT2D eigenvalue weighted by atomic mass is 35.5. The van der Waals surface area contributed by atoms with E-state index in [-0.39, 0.29) is 24.3 Å². The summed E-state index contributed by atoms with van der Waals surface area (Å²) in [6.07, 6.45) is 2.48. The molecule has 1 saturated heterocycles. The van der Waals surface area contributed by atoms with Gasteiger partial charge in [0.2, 0.25) is 0 Å². The molecule has 2 aromatic rings. The fourth-order valence-electron chi connectivity index (χ4n) is 4.23. The van der Waals surface area contributed by atoms with Gasteiger partial charge >= 0.3 is 17.8 Å². The van der Waals surface area contributed by atoms with Gasteiger partial charge in [0.25, 0.3) is 5.91 Å². The summed E-state index contributed by atoms with van der Waals surface area (Å²) in [7, 11) is 5.32. The monoisotopic (exact) mass is 548 g/mol. The number of pyridine rings is 1. The highest BCUT2D eigenvalue weighted by molar-refractivity contribution is 7.13. The number of amides is 5. The SMILES string of the molecule is CN1CCc2nc(C(=O)N[C@@H]3CN(C(=O)N(C)C)CC[C@@H]3NC(=O)C(=O)Nc3ccc(Cl)cn3)sc2C1. The number of carbonyl (C=O) groups is 4. The predicted molar refractivity (Wildman–Crippen MR) is 138 cm³/mol. The molecule has 37 heavy (non-hydrogen) atoms. The molecule has 0 saturated carbocycles. The third-order valence-electron chi connectivity index (χ3n) is 6.19. The Balaban J connectivity index is 1.45. The molecule has 4 heterocycles. The number of likely N-dealkylation sites (N-methyl/N-ethyl adjacent to an activating group) is 1. The van der Waals surface area contributed by atoms with E-state index in [9.17, 15) is 19.2 Å². The van der Waals surface area contributed by atoms with Crippen LogP contribution >= 0.6 is 22.9 Å². The van der Waals surface area contributed by atoms with E-state index < -0.39 is 23.9 Å². The summed E-state index contributed by atoms with van der Waals surface area (Å²) < 4.78 is 0. The lowest BCUT2D eigenvalue weighted by atomic mass is 9.99. The molecule has 3 N–H and O–H groups in total. The van der Waals surface area contributed by atoms with Crippen molar-refractivity contribution in [1.82, 2.24) is 35.3 Å². The Bertz CT molecular complexity index is 1190. The van der Waals surface area contributed by atoms with E-state index in [0.717, 1.165) is 30.1 Å². The number of thiazole rings is 1. The third kappa shape index (κ3) is 6.53. The van der Waals surface area contributed by atoms with Crippen LogP contribution < -0.4 is 16.0 Å². The Morgan fingerprint density at radius 3 is 2.59 bits per heavy atom. The van der Waals surface area contributed by atoms with Crippen LogP contribution in [0, 0.1) is 0 Å². The van der Waals surface area contributed by atoms with Crippen molar-refractivity contribution in [3.63, 3.8) is 0 Å². The second kappa shape index (κ2) is 11.4. The molecule has 0 unspecified atom stereocenters. The molecule has 0 bridgehead atoms. The third-order valence-corrected chi connectivity index (χ3v) is 7.50. The Hall–Kier alpha value is -3.29. The number of likely N-dealkylation sites (tertiary alicyclic amines) is 1. The van der Waals surface area contributed by atoms with E-state index in [1.165, 1.54) is 28.5 Å². The van der Waals surface area contributed by atoms with Gasteiger partial charge in [-0.15, -0.1) is 11.3 Å². The number of hydrogen-bond donors (Lipinski definition) is 3. The molecule has 2 aromatic heterocycles. The minimum absolute atomic E-state index is 0.169. The van der Waals surface area contributed by atoms with Gasteiger partial charge in [-0.3, -0.25) is 14.4 Å². The largest absolute Gasteiger partial charge is 0.343 e. The maximum absolute atomic E-state index is 13.2. The number of nitrogens with zero attached hydrogens (tertiary/aromatic N) is 5. The minimum atomic E-state index is -0.900. The van der Waals surface area contributed by atoms with Crippen molar-refractivity contribution >= 4 is 52.5 Å². The fraction of sp³-hybridized carbons (Fsp3) is 0.478. The molecule has 2 aliphatic heterocycles. The molecular formula is C23H29ClN8O4S. The van der Waals surface area contributed by atoms with Crippen LogP contribution in [0.2, 0.25) is 5.02 Å². The number of carbonyl (C=O) groups excluding carboxylic acids is 4. The van der Waals surface area contributed by atoms with Gasteiger partial charge < -0.3 is 30.7 Å². The summed E-state index contributed by atoms with van der Waals surface area (Å²) >= 11 is 7.15. The van der Waals surface area contributed by atoms with E-state index in [1.54, 1.807) is 25.1 Å². The maximum Gasteiger partial charge on any atom is 0.319 e. The first kappa shape index (κ1) is 26.8. The molecule has 0 radical (unpaired) electrons. The lowest BCUT2D eigenvalue weighted by molar-refractivity contribution is -0.136. The molecule has 4 rings (SSSR count).